The molecule has 2 N–H and O–H groups in total. The minimum atomic E-state index is 0.0429. The number of ketones is 1. The number of nitrogens with zero attached hydrogens (tertiary/aromatic N) is 1. The van der Waals surface area contributed by atoms with Crippen molar-refractivity contribution < 1.29 is 19.4 Å². The van der Waals surface area contributed by atoms with Gasteiger partial charge in [0.05, 0.1) is 12.7 Å². The summed E-state index contributed by atoms with van der Waals surface area (Å²) in [6.45, 7) is 11.9. The van der Waals surface area contributed by atoms with Gasteiger partial charge in [0, 0.05) is 42.6 Å². The molecule has 0 atom stereocenters. The van der Waals surface area contributed by atoms with Crippen LogP contribution in [0, 0.1) is 0 Å². The van der Waals surface area contributed by atoms with Gasteiger partial charge in [0.25, 0.3) is 0 Å². The maximum absolute atomic E-state index is 11.5. The first-order valence-electron chi connectivity index (χ1n) is 12.8. The summed E-state index contributed by atoms with van der Waals surface area (Å²) in [5.74, 6) is 0.914. The lowest BCUT2D eigenvalue weighted by Gasteiger charge is -2.22. The molecule has 0 aliphatic heterocycles. The predicted molar refractivity (Wildman–Crippen MR) is 156 cm³/mol. The van der Waals surface area contributed by atoms with Crippen LogP contribution < -0.4 is 15.0 Å². The second-order valence-corrected chi connectivity index (χ2v) is 8.41. The molecule has 0 fully saturated rings. The zero-order chi connectivity index (χ0) is 27.8. The van der Waals surface area contributed by atoms with Gasteiger partial charge in [0.2, 0.25) is 0 Å². The summed E-state index contributed by atoms with van der Waals surface area (Å²) in [6, 6.07) is 18.7. The summed E-state index contributed by atoms with van der Waals surface area (Å²) in [7, 11) is 3.47. The average Bonchev–Trinajstić information content (AvgIpc) is 2.92. The molecule has 0 aromatic heterocycles. The molecule has 0 saturated heterocycles. The summed E-state index contributed by atoms with van der Waals surface area (Å²) >= 11 is 0. The zero-order valence-corrected chi connectivity index (χ0v) is 23.3. The third kappa shape index (κ3) is 9.30. The number of nitrogens with one attached hydrogen (secondary N) is 1. The Labute approximate surface area is 222 Å². The molecule has 0 aliphatic carbocycles. The topological polar surface area (TPSA) is 78.9 Å². The first kappa shape index (κ1) is 31.2. The predicted octanol–water partition coefficient (Wildman–Crippen LogP) is 7.46. The number of hydrogen-bond acceptors (Lipinski definition) is 6. The number of rotatable bonds is 9. The van der Waals surface area contributed by atoms with Crippen LogP contribution in [0.25, 0.3) is 11.1 Å². The number of hydrogen-bond donors (Lipinski definition) is 2. The zero-order valence-electron chi connectivity index (χ0n) is 23.3. The summed E-state index contributed by atoms with van der Waals surface area (Å²) in [4.78, 5) is 24.4. The minimum Gasteiger partial charge on any atom is -0.507 e. The second-order valence-electron chi connectivity index (χ2n) is 8.41. The molecule has 3 rings (SSSR count). The van der Waals surface area contributed by atoms with E-state index in [-0.39, 0.29) is 11.5 Å². The van der Waals surface area contributed by atoms with Crippen molar-refractivity contribution in [3.05, 3.63) is 71.8 Å². The highest BCUT2D eigenvalue weighted by atomic mass is 16.5. The SMILES string of the molecule is CCC.CCCN(CC)c1ccc(O)c(C=O)c1.CNc1cc(-c2ccccc2OC)ccc1C(C)=O. The third-order valence-corrected chi connectivity index (χ3v) is 5.46. The van der Waals surface area contributed by atoms with Crippen molar-refractivity contribution in [2.45, 2.75) is 47.5 Å². The number of para-hydroxylation sites is 1. The van der Waals surface area contributed by atoms with E-state index >= 15 is 0 Å². The van der Waals surface area contributed by atoms with E-state index in [1.807, 2.05) is 55.6 Å². The van der Waals surface area contributed by atoms with Gasteiger partial charge >= 0.3 is 0 Å². The Morgan fingerprint density at radius 3 is 2.24 bits per heavy atom. The van der Waals surface area contributed by atoms with Gasteiger partial charge in [-0.15, -0.1) is 0 Å². The first-order valence-corrected chi connectivity index (χ1v) is 12.8. The number of methoxy groups -OCH3 is 1. The molecule has 0 aliphatic rings. The van der Waals surface area contributed by atoms with Gasteiger partial charge in [-0.1, -0.05) is 51.5 Å². The molecule has 37 heavy (non-hydrogen) atoms. The maximum atomic E-state index is 11.5. The van der Waals surface area contributed by atoms with Gasteiger partial charge in [0.1, 0.15) is 11.5 Å². The van der Waals surface area contributed by atoms with E-state index in [1.165, 1.54) is 6.42 Å². The van der Waals surface area contributed by atoms with E-state index in [0.29, 0.717) is 17.4 Å². The van der Waals surface area contributed by atoms with Crippen molar-refractivity contribution in [2.24, 2.45) is 0 Å². The number of Topliss-reactive ketones (excluding diaryl/α,β-unsaturated/α-hetero) is 1. The van der Waals surface area contributed by atoms with Crippen LogP contribution in [-0.4, -0.2) is 44.4 Å². The lowest BCUT2D eigenvalue weighted by atomic mass is 10.00. The molecule has 0 radical (unpaired) electrons. The third-order valence-electron chi connectivity index (χ3n) is 5.46. The van der Waals surface area contributed by atoms with Crippen LogP contribution in [0.2, 0.25) is 0 Å². The number of phenols is 1. The standard InChI is InChI=1S/C16H17NO2.C12H17NO2.C3H8/c1-11(18)13-9-8-12(10-15(13)17-2)14-6-4-5-7-16(14)19-3;1-3-7-13(4-2)11-5-6-12(15)10(8-11)9-14;1-3-2/h4-10,17H,1-3H3;5-6,8-9,15H,3-4,7H2,1-2H3;3H2,1-2H3. The number of phenolic OH excluding ortho intramolecular Hbond substituents is 1. The van der Waals surface area contributed by atoms with Gasteiger partial charge in [-0.3, -0.25) is 9.59 Å². The number of benzene rings is 3. The van der Waals surface area contributed by atoms with Crippen molar-refractivity contribution in [1.29, 1.82) is 0 Å². The van der Waals surface area contributed by atoms with Crippen LogP contribution in [0.1, 0.15) is 68.2 Å². The molecule has 3 aromatic rings. The summed E-state index contributed by atoms with van der Waals surface area (Å²) in [6.07, 6.45) is 2.99. The molecule has 0 bridgehead atoms. The Balaban J connectivity index is 0.000000343. The molecular weight excluding hydrogens is 464 g/mol. The Bertz CT molecular complexity index is 1130. The second kappa shape index (κ2) is 16.8. The van der Waals surface area contributed by atoms with Gasteiger partial charge < -0.3 is 20.1 Å². The largest absolute Gasteiger partial charge is 0.507 e. The first-order chi connectivity index (χ1) is 17.8. The molecule has 0 unspecified atom stereocenters. The van der Waals surface area contributed by atoms with Crippen LogP contribution in [0.5, 0.6) is 11.5 Å². The number of carbonyl (C=O) groups is 2. The smallest absolute Gasteiger partial charge is 0.161 e. The minimum absolute atomic E-state index is 0.0429. The number of anilines is 2. The highest BCUT2D eigenvalue weighted by Crippen LogP contribution is 2.32. The van der Waals surface area contributed by atoms with E-state index < -0.39 is 0 Å². The fourth-order valence-electron chi connectivity index (χ4n) is 3.68. The van der Waals surface area contributed by atoms with E-state index in [0.717, 1.165) is 47.8 Å². The quantitative estimate of drug-likeness (QED) is 0.232. The van der Waals surface area contributed by atoms with Crippen molar-refractivity contribution >= 4 is 23.4 Å². The Morgan fingerprint density at radius 2 is 1.70 bits per heavy atom. The van der Waals surface area contributed by atoms with Crippen LogP contribution in [0.3, 0.4) is 0 Å². The number of aldehydes is 1. The number of aromatic hydroxyl groups is 1. The molecule has 0 saturated carbocycles. The Morgan fingerprint density at radius 1 is 1.03 bits per heavy atom. The van der Waals surface area contributed by atoms with Crippen LogP contribution >= 0.6 is 0 Å². The van der Waals surface area contributed by atoms with E-state index in [2.05, 4.69) is 37.9 Å². The van der Waals surface area contributed by atoms with Gasteiger partial charge in [-0.25, -0.2) is 0 Å². The Hall–Kier alpha value is -3.80. The van der Waals surface area contributed by atoms with E-state index in [9.17, 15) is 14.7 Å². The van der Waals surface area contributed by atoms with Crippen molar-refractivity contribution in [3.8, 4) is 22.6 Å². The van der Waals surface area contributed by atoms with Gasteiger partial charge in [-0.2, -0.15) is 0 Å². The van der Waals surface area contributed by atoms with Crippen molar-refractivity contribution in [1.82, 2.24) is 0 Å². The van der Waals surface area contributed by atoms with E-state index in [4.69, 9.17) is 4.74 Å². The van der Waals surface area contributed by atoms with Gasteiger partial charge in [0.15, 0.2) is 12.1 Å². The fraction of sp³-hybridized carbons (Fsp3) is 0.355. The average molecular weight is 507 g/mol. The molecule has 0 heterocycles. The van der Waals surface area contributed by atoms with Crippen LogP contribution in [0.4, 0.5) is 11.4 Å². The molecule has 0 amide bonds. The highest BCUT2D eigenvalue weighted by Gasteiger charge is 2.10. The molecular formula is C31H42N2O4. The monoisotopic (exact) mass is 506 g/mol. The van der Waals surface area contributed by atoms with Crippen LogP contribution in [-0.2, 0) is 0 Å². The van der Waals surface area contributed by atoms with Crippen LogP contribution in [0.15, 0.2) is 60.7 Å². The van der Waals surface area contributed by atoms with E-state index in [1.54, 1.807) is 26.2 Å². The molecule has 6 nitrogen and oxygen atoms in total. The molecule has 3 aromatic carbocycles. The Kier molecular flexibility index (Phi) is 14.2. The molecule has 6 heteroatoms. The normalized spacial score (nSPS) is 9.70. The number of ether oxygens (including phenoxy) is 1. The summed E-state index contributed by atoms with van der Waals surface area (Å²) in [5, 5.41) is 12.4. The van der Waals surface area contributed by atoms with Crippen molar-refractivity contribution in [3.63, 3.8) is 0 Å². The highest BCUT2D eigenvalue weighted by molar-refractivity contribution is 6.00. The lowest BCUT2D eigenvalue weighted by Crippen LogP contribution is -2.23. The summed E-state index contributed by atoms with van der Waals surface area (Å²) in [5.41, 5.74) is 4.89. The molecule has 0 spiro atoms. The fourth-order valence-corrected chi connectivity index (χ4v) is 3.68. The molecule has 200 valence electrons. The summed E-state index contributed by atoms with van der Waals surface area (Å²) < 4.78 is 5.36. The lowest BCUT2D eigenvalue weighted by molar-refractivity contribution is 0.101. The number of carbonyl (C=O) groups excluding carboxylic acids is 2. The maximum Gasteiger partial charge on any atom is 0.161 e. The van der Waals surface area contributed by atoms with Gasteiger partial charge in [-0.05, 0) is 62.2 Å². The van der Waals surface area contributed by atoms with Crippen molar-refractivity contribution in [2.75, 3.05) is 37.5 Å².